The first kappa shape index (κ1) is 82.8. The Labute approximate surface area is 592 Å². The number of anilines is 1. The number of hydrogen-bond acceptors (Lipinski definition) is 24. The van der Waals surface area contributed by atoms with Crippen LogP contribution in [0.5, 0.6) is 5.75 Å². The van der Waals surface area contributed by atoms with E-state index in [1.54, 1.807) is 61.7 Å². The molecule has 8 N–H and O–H groups in total. The van der Waals surface area contributed by atoms with Gasteiger partial charge in [-0.05, 0) is 91.1 Å². The number of rotatable bonds is 55. The summed E-state index contributed by atoms with van der Waals surface area (Å²) in [6.45, 7) is 16.8. The summed E-state index contributed by atoms with van der Waals surface area (Å²) in [5.74, 6) is -2.09. The van der Waals surface area contributed by atoms with E-state index in [2.05, 4.69) is 36.6 Å². The Morgan fingerprint density at radius 1 is 0.686 bits per heavy atom. The Bertz CT molecular complexity index is 3360. The minimum Gasteiger partial charge on any atom is -0.494 e. The number of alkyl carbamates (subject to hydrolysis) is 1. The van der Waals surface area contributed by atoms with Crippen molar-refractivity contribution < 1.29 is 100 Å². The van der Waals surface area contributed by atoms with Gasteiger partial charge in [0, 0.05) is 53.2 Å². The monoisotopic (exact) mass is 1440 g/mol. The molecule has 2 aliphatic heterocycles. The fourth-order valence-corrected chi connectivity index (χ4v) is 10.6. The van der Waals surface area contributed by atoms with Crippen molar-refractivity contribution >= 4 is 52.4 Å². The highest BCUT2D eigenvalue weighted by Crippen LogP contribution is 2.41. The number of nitrogens with one attached hydrogen (secondary N) is 5. The fourth-order valence-electron chi connectivity index (χ4n) is 10.6. The van der Waals surface area contributed by atoms with Gasteiger partial charge in [0.1, 0.15) is 31.0 Å². The van der Waals surface area contributed by atoms with E-state index in [0.717, 1.165) is 16.5 Å². The number of aliphatic hydroxyl groups is 1. The number of cyclic esters (lactones) is 1. The number of amides is 6. The van der Waals surface area contributed by atoms with Gasteiger partial charge >= 0.3 is 18.1 Å². The van der Waals surface area contributed by atoms with Gasteiger partial charge in [0.15, 0.2) is 5.60 Å². The number of benzene rings is 2. The number of carbonyl (C=O) groups is 6. The van der Waals surface area contributed by atoms with Crippen molar-refractivity contribution in [2.24, 2.45) is 16.8 Å². The van der Waals surface area contributed by atoms with E-state index in [-0.39, 0.29) is 108 Å². The average Bonchev–Trinajstić information content (AvgIpc) is 1.53. The molecule has 102 heavy (non-hydrogen) atoms. The van der Waals surface area contributed by atoms with E-state index in [0.29, 0.717) is 179 Å². The van der Waals surface area contributed by atoms with Gasteiger partial charge in [-0.3, -0.25) is 19.2 Å². The smallest absolute Gasteiger partial charge is 0.407 e. The van der Waals surface area contributed by atoms with Gasteiger partial charge in [0.25, 0.3) is 5.56 Å². The maximum atomic E-state index is 13.7. The van der Waals surface area contributed by atoms with Crippen LogP contribution in [0.25, 0.3) is 32.7 Å². The second-order valence-corrected chi connectivity index (χ2v) is 23.7. The molecule has 0 aliphatic carbocycles. The van der Waals surface area contributed by atoms with E-state index in [4.69, 9.17) is 82.6 Å². The Hall–Kier alpha value is -8.15. The highest BCUT2D eigenvalue weighted by Gasteiger charge is 2.45. The minimum atomic E-state index is -1.92. The number of aryl methyl sites for hydroxylation is 1. The molecule has 0 saturated carbocycles. The second kappa shape index (κ2) is 47.2. The molecule has 6 rings (SSSR count). The zero-order valence-corrected chi connectivity index (χ0v) is 58.9. The molecular weight excluding hydrogens is 1330 g/mol. The second-order valence-electron chi connectivity index (χ2n) is 23.7. The van der Waals surface area contributed by atoms with Crippen molar-refractivity contribution in [3.05, 3.63) is 97.1 Å². The normalized spacial score (nSPS) is 14.2. The van der Waals surface area contributed by atoms with E-state index >= 15 is 0 Å². The van der Waals surface area contributed by atoms with E-state index < -0.39 is 53.5 Å². The Morgan fingerprint density at radius 2 is 1.24 bits per heavy atom. The summed E-state index contributed by atoms with van der Waals surface area (Å²) in [5.41, 5.74) is 16.5. The fraction of sp³-hybridized carbons (Fsp3) is 0.623. The topological polar surface area (TPSA) is 422 Å². The first-order chi connectivity index (χ1) is 49.6. The molecule has 0 bridgehead atoms. The van der Waals surface area contributed by atoms with Gasteiger partial charge in [-0.2, -0.15) is 0 Å². The molecule has 0 saturated heterocycles. The van der Waals surface area contributed by atoms with E-state index in [1.165, 1.54) is 0 Å². The third-order valence-electron chi connectivity index (χ3n) is 16.0. The molecule has 2 aromatic carbocycles. The number of pyridine rings is 2. The van der Waals surface area contributed by atoms with Crippen LogP contribution in [0, 0.1) is 5.92 Å². The van der Waals surface area contributed by atoms with Gasteiger partial charge in [-0.25, -0.2) is 19.4 Å². The number of nitrogens with zero attached hydrogens (tertiary/aromatic N) is 5. The highest BCUT2D eigenvalue weighted by molar-refractivity contribution is 5.98. The number of nitrogens with two attached hydrogens (primary N) is 1. The maximum absolute atomic E-state index is 13.7. The van der Waals surface area contributed by atoms with Crippen LogP contribution in [0.2, 0.25) is 0 Å². The summed E-state index contributed by atoms with van der Waals surface area (Å²) in [7, 11) is 0. The molecule has 4 aromatic rings. The Kier molecular flexibility index (Phi) is 38.3. The van der Waals surface area contributed by atoms with E-state index in [9.17, 15) is 38.7 Å². The molecule has 564 valence electrons. The van der Waals surface area contributed by atoms with Crippen LogP contribution in [0.4, 0.5) is 15.3 Å². The summed E-state index contributed by atoms with van der Waals surface area (Å²) < 4.78 is 78.6. The molecule has 33 nitrogen and oxygen atoms in total. The van der Waals surface area contributed by atoms with Crippen molar-refractivity contribution in [1.82, 2.24) is 30.8 Å². The number of aromatic nitrogens is 2. The number of urea groups is 1. The summed E-state index contributed by atoms with van der Waals surface area (Å²) >= 11 is 0. The van der Waals surface area contributed by atoms with Crippen LogP contribution in [-0.4, -0.2) is 234 Å². The van der Waals surface area contributed by atoms with Gasteiger partial charge in [0.05, 0.1) is 181 Å². The summed E-state index contributed by atoms with van der Waals surface area (Å²) in [6.07, 6.45) is 0.885. The number of fused-ring (bicyclic) bond motifs is 5. The molecule has 2 aliphatic rings. The molecule has 0 fully saturated rings. The van der Waals surface area contributed by atoms with Gasteiger partial charge in [0.2, 0.25) is 17.7 Å². The number of hydrogen-bond donors (Lipinski definition) is 7. The SMILES string of the molecule is CCc1c2c(nc3ccc(OCCCNC(=O)OCc4ccc(NC(=O)[C@H](CCCNC(N)=O)NC(=O)[C@@H](NC(=O)CCOCCOCCOCCOCCOCCOCCOCCOCCOCCOCCOCCN=[N+]=[N-])C(C)C)cc4)cc13)-c1cc3c(c(=O)n1C2)COC(=O)[C@]3(O)CC. The molecule has 0 spiro atoms. The van der Waals surface area contributed by atoms with Gasteiger partial charge in [-0.15, -0.1) is 0 Å². The Morgan fingerprint density at radius 3 is 1.76 bits per heavy atom. The van der Waals surface area contributed by atoms with E-state index in [1.807, 2.05) is 19.1 Å². The first-order valence-electron chi connectivity index (χ1n) is 34.6. The molecule has 0 radical (unpaired) electrons. The lowest BCUT2D eigenvalue weighted by Crippen LogP contribution is -2.54. The van der Waals surface area contributed by atoms with Crippen LogP contribution in [0.15, 0.2) is 58.4 Å². The summed E-state index contributed by atoms with van der Waals surface area (Å²) in [5, 5.41) is 29.1. The third kappa shape index (κ3) is 28.6. The first-order valence-corrected chi connectivity index (χ1v) is 34.6. The zero-order chi connectivity index (χ0) is 73.2. The molecule has 2 aromatic heterocycles. The zero-order valence-electron chi connectivity index (χ0n) is 58.9. The number of ether oxygens (including phenoxy) is 14. The van der Waals surface area contributed by atoms with Crippen molar-refractivity contribution in [2.45, 2.75) is 104 Å². The number of primary amides is 1. The van der Waals surface area contributed by atoms with Crippen LogP contribution in [0.1, 0.15) is 87.6 Å². The molecule has 0 unspecified atom stereocenters. The predicted octanol–water partition coefficient (Wildman–Crippen LogP) is 4.23. The molecule has 4 heterocycles. The molecule has 33 heteroatoms. The quantitative estimate of drug-likeness (QED) is 0.00941. The minimum absolute atomic E-state index is 0.0312. The highest BCUT2D eigenvalue weighted by atomic mass is 16.6. The average molecular weight is 1440 g/mol. The molecular formula is C69H101N11O22. The van der Waals surface area contributed by atoms with Crippen LogP contribution < -0.4 is 42.6 Å². The maximum Gasteiger partial charge on any atom is 0.407 e. The van der Waals surface area contributed by atoms with Crippen LogP contribution >= 0.6 is 0 Å². The van der Waals surface area contributed by atoms with Gasteiger partial charge in [-0.1, -0.05) is 44.9 Å². The lowest BCUT2D eigenvalue weighted by Gasteiger charge is -2.31. The predicted molar refractivity (Wildman–Crippen MR) is 370 cm³/mol. The van der Waals surface area contributed by atoms with Crippen LogP contribution in [0.3, 0.4) is 0 Å². The Balaban J connectivity index is 0.767. The molecule has 3 atom stereocenters. The number of azide groups is 1. The standard InChI is InChI=1S/C69H101N11O22/c1-5-52-53-43-51(14-15-57(53)76-62-54(52)45-80-59(62)44-56-55(65(80)84)47-101-66(85)69(56,88)6-2)100-20-8-18-73-68(87)102-46-49-10-12-50(13-11-49)75-63(82)58(9-7-17-72-67(70)86)77-64(83)61(48(3)4)78-60(81)16-21-89-23-25-91-27-29-93-31-33-95-35-37-97-39-41-99-42-40-98-38-36-96-34-32-94-30-28-92-26-24-90-22-19-74-79-71/h10-15,43-44,48,58,61,88H,5-9,16-42,45-47H2,1-4H3,(H,73,87)(H,75,82)(H,77,83)(H,78,81)(H3,70,72,86)/t58-,61-,69-/m0/s1. The third-order valence-corrected chi connectivity index (χ3v) is 16.0. The summed E-state index contributed by atoms with van der Waals surface area (Å²) in [6, 6.07) is 11.1. The van der Waals surface area contributed by atoms with Gasteiger partial charge < -0.3 is 108 Å². The molecule has 6 amide bonds. The largest absolute Gasteiger partial charge is 0.494 e. The number of carbonyl (C=O) groups excluding carboxylic acids is 6. The van der Waals surface area contributed by atoms with Crippen molar-refractivity contribution in [3.63, 3.8) is 0 Å². The van der Waals surface area contributed by atoms with Crippen molar-refractivity contribution in [3.8, 4) is 17.1 Å². The van der Waals surface area contributed by atoms with Crippen molar-refractivity contribution in [2.75, 3.05) is 177 Å². The summed E-state index contributed by atoms with van der Waals surface area (Å²) in [4.78, 5) is 98.4. The van der Waals surface area contributed by atoms with Crippen LogP contribution in [-0.2, 0) is 113 Å². The lowest BCUT2D eigenvalue weighted by atomic mass is 9.86. The lowest BCUT2D eigenvalue weighted by molar-refractivity contribution is -0.172. The number of esters is 1. The van der Waals surface area contributed by atoms with Crippen molar-refractivity contribution in [1.29, 1.82) is 0 Å².